The molecule has 0 spiro atoms. The number of esters is 4. The summed E-state index contributed by atoms with van der Waals surface area (Å²) < 4.78 is 80.7. The lowest BCUT2D eigenvalue weighted by molar-refractivity contribution is -0.332. The standard InChI is InChI=1S/C26H42F2N4O13/c1-9(33)38-8-16-19(37-5)21(40-11(3)35)24(43-16)45-20-17(39-10(2)34)13(30)6-14(31)18(20)44-25-22(32)26(27,28)23(41-12(4)36)15(7-29)42-25/h13-25H,6-8,29-32H2,1-5H3/t13-,14+,15-,16-,17+,18-,19-,20-,21-,22+,23-,24+,25-/m1/s1. The molecule has 0 unspecified atom stereocenters. The molecule has 2 heterocycles. The Balaban J connectivity index is 1.97. The van der Waals surface area contributed by atoms with E-state index >= 15 is 8.78 Å². The highest BCUT2D eigenvalue weighted by Gasteiger charge is 2.61. The van der Waals surface area contributed by atoms with E-state index in [1.54, 1.807) is 0 Å². The number of hydrogen-bond donors (Lipinski definition) is 4. The van der Waals surface area contributed by atoms with Gasteiger partial charge in [-0.2, -0.15) is 0 Å². The Bertz CT molecular complexity index is 1070. The topological polar surface area (TPSA) is 255 Å². The first-order valence-electron chi connectivity index (χ1n) is 14.2. The quantitative estimate of drug-likeness (QED) is 0.133. The average Bonchev–Trinajstić information content (AvgIpc) is 3.25. The minimum atomic E-state index is -3.87. The lowest BCUT2D eigenvalue weighted by Gasteiger charge is -2.48. The fourth-order valence-corrected chi connectivity index (χ4v) is 5.56. The predicted octanol–water partition coefficient (Wildman–Crippen LogP) is -2.44. The maximum Gasteiger partial charge on any atom is 0.306 e. The van der Waals surface area contributed by atoms with E-state index in [0.717, 1.165) is 20.8 Å². The first-order valence-corrected chi connectivity index (χ1v) is 14.2. The van der Waals surface area contributed by atoms with Gasteiger partial charge in [0, 0.05) is 53.4 Å². The highest BCUT2D eigenvalue weighted by atomic mass is 19.3. The molecule has 19 heteroatoms. The van der Waals surface area contributed by atoms with Crippen molar-refractivity contribution in [3.8, 4) is 0 Å². The van der Waals surface area contributed by atoms with Crippen molar-refractivity contribution in [3.63, 3.8) is 0 Å². The molecule has 3 fully saturated rings. The second-order valence-corrected chi connectivity index (χ2v) is 11.0. The van der Waals surface area contributed by atoms with Crippen LogP contribution in [0.3, 0.4) is 0 Å². The molecule has 0 aromatic rings. The number of alkyl halides is 2. The van der Waals surface area contributed by atoms with Gasteiger partial charge in [-0.1, -0.05) is 0 Å². The predicted molar refractivity (Wildman–Crippen MR) is 144 cm³/mol. The maximum atomic E-state index is 15.4. The molecular formula is C26H42F2N4O13. The summed E-state index contributed by atoms with van der Waals surface area (Å²) in [6, 6.07) is -4.17. The van der Waals surface area contributed by atoms with Crippen molar-refractivity contribution < 1.29 is 70.6 Å². The monoisotopic (exact) mass is 656 g/mol. The Morgan fingerprint density at radius 3 is 1.80 bits per heavy atom. The molecule has 17 nitrogen and oxygen atoms in total. The van der Waals surface area contributed by atoms with Gasteiger partial charge >= 0.3 is 29.8 Å². The summed E-state index contributed by atoms with van der Waals surface area (Å²) in [5.41, 5.74) is 24.2. The molecule has 2 saturated heterocycles. The van der Waals surface area contributed by atoms with Gasteiger partial charge in [0.2, 0.25) is 0 Å². The van der Waals surface area contributed by atoms with Crippen molar-refractivity contribution in [2.75, 3.05) is 20.3 Å². The Morgan fingerprint density at radius 2 is 1.27 bits per heavy atom. The Kier molecular flexibility index (Phi) is 12.5. The van der Waals surface area contributed by atoms with Gasteiger partial charge in [0.25, 0.3) is 0 Å². The van der Waals surface area contributed by atoms with E-state index in [1.807, 2.05) is 0 Å². The van der Waals surface area contributed by atoms with Gasteiger partial charge in [-0.15, -0.1) is 0 Å². The molecule has 2 aliphatic heterocycles. The molecule has 0 radical (unpaired) electrons. The Labute approximate surface area is 257 Å². The van der Waals surface area contributed by atoms with Crippen molar-refractivity contribution in [1.82, 2.24) is 0 Å². The molecule has 3 rings (SSSR count). The van der Waals surface area contributed by atoms with E-state index in [4.69, 9.17) is 65.6 Å². The zero-order chi connectivity index (χ0) is 33.8. The van der Waals surface area contributed by atoms with Crippen molar-refractivity contribution in [2.24, 2.45) is 22.9 Å². The van der Waals surface area contributed by atoms with E-state index in [-0.39, 0.29) is 13.0 Å². The lowest BCUT2D eigenvalue weighted by Crippen LogP contribution is -2.71. The van der Waals surface area contributed by atoms with Gasteiger partial charge in [0.1, 0.15) is 49.3 Å². The molecule has 1 saturated carbocycles. The minimum Gasteiger partial charge on any atom is -0.463 e. The number of halogens is 2. The molecule has 3 aliphatic rings. The van der Waals surface area contributed by atoms with E-state index in [0.29, 0.717) is 0 Å². The minimum absolute atomic E-state index is 0.0358. The molecule has 1 aliphatic carbocycles. The zero-order valence-corrected chi connectivity index (χ0v) is 25.5. The summed E-state index contributed by atoms with van der Waals surface area (Å²) in [6.45, 7) is 3.54. The van der Waals surface area contributed by atoms with E-state index in [2.05, 4.69) is 0 Å². The van der Waals surface area contributed by atoms with Gasteiger partial charge in [-0.05, 0) is 6.42 Å². The number of methoxy groups -OCH3 is 1. The Morgan fingerprint density at radius 1 is 0.733 bits per heavy atom. The number of nitrogens with two attached hydrogens (primary N) is 4. The highest BCUT2D eigenvalue weighted by Crippen LogP contribution is 2.39. The largest absolute Gasteiger partial charge is 0.463 e. The normalized spacial score (nSPS) is 39.5. The van der Waals surface area contributed by atoms with Gasteiger partial charge in [-0.3, -0.25) is 19.2 Å². The van der Waals surface area contributed by atoms with Crippen LogP contribution in [0.1, 0.15) is 34.1 Å². The fraction of sp³-hybridized carbons (Fsp3) is 0.846. The SMILES string of the molecule is CO[C@H]1[C@@H](OC(C)=O)[C@H](O[C@@H]2[C@@H](OC(C)=O)[C@H](N)C[C@H](N)[C@H]2O[C@H]2O[C@H](CN)[C@@H](OC(C)=O)C(F)(F)[C@H]2N)O[C@@H]1COC(C)=O. The van der Waals surface area contributed by atoms with Crippen LogP contribution in [0.5, 0.6) is 0 Å². The molecule has 45 heavy (non-hydrogen) atoms. The molecule has 0 aromatic carbocycles. The zero-order valence-electron chi connectivity index (χ0n) is 25.5. The summed E-state index contributed by atoms with van der Waals surface area (Å²) in [6.07, 6.45) is -14.4. The average molecular weight is 657 g/mol. The summed E-state index contributed by atoms with van der Waals surface area (Å²) in [7, 11) is 1.30. The first-order chi connectivity index (χ1) is 21.0. The molecule has 0 aromatic heterocycles. The summed E-state index contributed by atoms with van der Waals surface area (Å²) in [5, 5.41) is 0. The molecule has 0 amide bonds. The van der Waals surface area contributed by atoms with Crippen LogP contribution in [0.15, 0.2) is 0 Å². The van der Waals surface area contributed by atoms with Crippen LogP contribution in [0.2, 0.25) is 0 Å². The number of carbonyl (C=O) groups is 4. The van der Waals surface area contributed by atoms with E-state index in [9.17, 15) is 19.2 Å². The van der Waals surface area contributed by atoms with Crippen molar-refractivity contribution in [1.29, 1.82) is 0 Å². The second-order valence-electron chi connectivity index (χ2n) is 11.0. The number of hydrogen-bond acceptors (Lipinski definition) is 17. The number of ether oxygens (including phenoxy) is 9. The summed E-state index contributed by atoms with van der Waals surface area (Å²) >= 11 is 0. The molecular weight excluding hydrogens is 614 g/mol. The third-order valence-corrected chi connectivity index (χ3v) is 7.50. The smallest absolute Gasteiger partial charge is 0.306 e. The van der Waals surface area contributed by atoms with Crippen LogP contribution in [0.25, 0.3) is 0 Å². The van der Waals surface area contributed by atoms with E-state index < -0.39 is 116 Å². The fourth-order valence-electron chi connectivity index (χ4n) is 5.56. The van der Waals surface area contributed by atoms with Gasteiger partial charge in [-0.25, -0.2) is 8.78 Å². The van der Waals surface area contributed by atoms with Crippen LogP contribution in [-0.2, 0) is 61.8 Å². The third kappa shape index (κ3) is 8.60. The summed E-state index contributed by atoms with van der Waals surface area (Å²) in [4.78, 5) is 47.1. The Hall–Kier alpha value is -2.62. The lowest BCUT2D eigenvalue weighted by atomic mass is 9.84. The van der Waals surface area contributed by atoms with Crippen molar-refractivity contribution >= 4 is 23.9 Å². The van der Waals surface area contributed by atoms with Gasteiger partial charge in [0.15, 0.2) is 24.8 Å². The second kappa shape index (κ2) is 15.3. The van der Waals surface area contributed by atoms with Crippen molar-refractivity contribution in [2.45, 2.75) is 120 Å². The van der Waals surface area contributed by atoms with Crippen LogP contribution in [0, 0.1) is 0 Å². The molecule has 0 bridgehead atoms. The summed E-state index contributed by atoms with van der Waals surface area (Å²) in [5.74, 6) is -7.01. The van der Waals surface area contributed by atoms with Crippen molar-refractivity contribution in [3.05, 3.63) is 0 Å². The van der Waals surface area contributed by atoms with E-state index in [1.165, 1.54) is 14.0 Å². The maximum absolute atomic E-state index is 15.4. The molecule has 13 atom stereocenters. The number of rotatable bonds is 11. The van der Waals surface area contributed by atoms with Gasteiger partial charge in [0.05, 0.1) is 0 Å². The highest BCUT2D eigenvalue weighted by molar-refractivity contribution is 5.67. The van der Waals surface area contributed by atoms with Gasteiger partial charge < -0.3 is 65.6 Å². The number of carbonyl (C=O) groups excluding carboxylic acids is 4. The third-order valence-electron chi connectivity index (χ3n) is 7.50. The first kappa shape index (κ1) is 36.8. The molecule has 8 N–H and O–H groups in total. The molecule has 258 valence electrons. The van der Waals surface area contributed by atoms with Crippen LogP contribution < -0.4 is 22.9 Å². The van der Waals surface area contributed by atoms with Crippen LogP contribution >= 0.6 is 0 Å². The van der Waals surface area contributed by atoms with Crippen LogP contribution in [-0.4, -0.2) is 130 Å². The van der Waals surface area contributed by atoms with Crippen LogP contribution in [0.4, 0.5) is 8.78 Å².